The number of amides is 2. The summed E-state index contributed by atoms with van der Waals surface area (Å²) in [5.74, 6) is 1.85. The van der Waals surface area contributed by atoms with Gasteiger partial charge in [-0.25, -0.2) is 0 Å². The number of benzene rings is 2. The molecular weight excluding hydrogens is 410 g/mol. The SMILES string of the molecule is CN=C(NCc1ccc(C(=O)N2CCNC(=O)C2)cc1)NCc1ccc(OC)cc1OC. The fourth-order valence-corrected chi connectivity index (χ4v) is 3.34. The minimum absolute atomic E-state index is 0.100. The van der Waals surface area contributed by atoms with Crippen LogP contribution in [0.5, 0.6) is 11.5 Å². The predicted octanol–water partition coefficient (Wildman–Crippen LogP) is 1.14. The molecule has 2 aromatic carbocycles. The molecule has 9 heteroatoms. The smallest absolute Gasteiger partial charge is 0.254 e. The van der Waals surface area contributed by atoms with Gasteiger partial charge in [0.15, 0.2) is 5.96 Å². The number of hydrogen-bond acceptors (Lipinski definition) is 5. The van der Waals surface area contributed by atoms with Gasteiger partial charge >= 0.3 is 0 Å². The first kappa shape index (κ1) is 22.9. The second-order valence-electron chi connectivity index (χ2n) is 7.23. The molecule has 2 amide bonds. The minimum atomic E-state index is -0.134. The fourth-order valence-electron chi connectivity index (χ4n) is 3.34. The third kappa shape index (κ3) is 5.90. The Labute approximate surface area is 187 Å². The molecule has 0 aliphatic carbocycles. The summed E-state index contributed by atoms with van der Waals surface area (Å²) in [5, 5.41) is 9.24. The van der Waals surface area contributed by atoms with E-state index < -0.39 is 0 Å². The lowest BCUT2D eigenvalue weighted by molar-refractivity contribution is -0.123. The van der Waals surface area contributed by atoms with Crippen molar-refractivity contribution in [2.75, 3.05) is 40.9 Å². The number of carbonyl (C=O) groups is 2. The zero-order valence-corrected chi connectivity index (χ0v) is 18.6. The van der Waals surface area contributed by atoms with Crippen molar-refractivity contribution in [2.24, 2.45) is 4.99 Å². The van der Waals surface area contributed by atoms with Crippen LogP contribution in [0.4, 0.5) is 0 Å². The van der Waals surface area contributed by atoms with Gasteiger partial charge in [0.25, 0.3) is 5.91 Å². The van der Waals surface area contributed by atoms with E-state index in [-0.39, 0.29) is 18.4 Å². The molecule has 9 nitrogen and oxygen atoms in total. The maximum atomic E-state index is 12.6. The van der Waals surface area contributed by atoms with Crippen LogP contribution >= 0.6 is 0 Å². The van der Waals surface area contributed by atoms with Gasteiger partial charge in [0, 0.05) is 50.4 Å². The number of ether oxygens (including phenoxy) is 2. The minimum Gasteiger partial charge on any atom is -0.497 e. The highest BCUT2D eigenvalue weighted by Crippen LogP contribution is 2.24. The predicted molar refractivity (Wildman–Crippen MR) is 122 cm³/mol. The molecule has 32 heavy (non-hydrogen) atoms. The highest BCUT2D eigenvalue weighted by molar-refractivity contribution is 5.97. The van der Waals surface area contributed by atoms with E-state index >= 15 is 0 Å². The van der Waals surface area contributed by atoms with E-state index in [1.54, 1.807) is 38.3 Å². The van der Waals surface area contributed by atoms with Crippen molar-refractivity contribution in [3.8, 4) is 11.5 Å². The van der Waals surface area contributed by atoms with E-state index in [1.165, 1.54) is 0 Å². The van der Waals surface area contributed by atoms with Crippen LogP contribution in [0.25, 0.3) is 0 Å². The summed E-state index contributed by atoms with van der Waals surface area (Å²) >= 11 is 0. The maximum Gasteiger partial charge on any atom is 0.254 e. The molecule has 0 radical (unpaired) electrons. The molecule has 1 saturated heterocycles. The van der Waals surface area contributed by atoms with Crippen LogP contribution in [0.1, 0.15) is 21.5 Å². The number of nitrogens with zero attached hydrogens (tertiary/aromatic N) is 2. The number of guanidine groups is 1. The number of rotatable bonds is 7. The average Bonchev–Trinajstić information content (AvgIpc) is 2.84. The molecule has 3 rings (SSSR count). The Hall–Kier alpha value is -3.75. The Morgan fingerprint density at radius 1 is 1.09 bits per heavy atom. The van der Waals surface area contributed by atoms with Crippen molar-refractivity contribution >= 4 is 17.8 Å². The molecule has 1 aliphatic rings. The van der Waals surface area contributed by atoms with E-state index in [2.05, 4.69) is 20.9 Å². The summed E-state index contributed by atoms with van der Waals surface area (Å²) in [6, 6.07) is 13.0. The third-order valence-corrected chi connectivity index (χ3v) is 5.15. The fraction of sp³-hybridized carbons (Fsp3) is 0.348. The van der Waals surface area contributed by atoms with Crippen molar-refractivity contribution in [1.82, 2.24) is 20.9 Å². The first-order valence-electron chi connectivity index (χ1n) is 10.3. The Morgan fingerprint density at radius 2 is 1.84 bits per heavy atom. The summed E-state index contributed by atoms with van der Waals surface area (Å²) in [7, 11) is 4.95. The Morgan fingerprint density at radius 3 is 2.50 bits per heavy atom. The molecule has 3 N–H and O–H groups in total. The first-order valence-corrected chi connectivity index (χ1v) is 10.3. The van der Waals surface area contributed by atoms with E-state index in [0.717, 1.165) is 22.6 Å². The number of piperazine rings is 1. The van der Waals surface area contributed by atoms with Crippen molar-refractivity contribution in [1.29, 1.82) is 0 Å². The second-order valence-corrected chi connectivity index (χ2v) is 7.23. The Bertz CT molecular complexity index is 975. The number of nitrogens with one attached hydrogen (secondary N) is 3. The van der Waals surface area contributed by atoms with Crippen LogP contribution in [0, 0.1) is 0 Å². The standard InChI is InChI=1S/C23H29N5O4/c1-24-23(27-14-18-8-9-19(31-2)12-20(18)32-3)26-13-16-4-6-17(7-5-16)22(30)28-11-10-25-21(29)15-28/h4-9,12H,10-11,13-15H2,1-3H3,(H,25,29)(H2,24,26,27). The largest absolute Gasteiger partial charge is 0.497 e. The van der Waals surface area contributed by atoms with Gasteiger partial charge in [-0.3, -0.25) is 14.6 Å². The monoisotopic (exact) mass is 439 g/mol. The van der Waals surface area contributed by atoms with E-state index in [9.17, 15) is 9.59 Å². The van der Waals surface area contributed by atoms with E-state index in [0.29, 0.717) is 37.7 Å². The van der Waals surface area contributed by atoms with Gasteiger partial charge in [-0.05, 0) is 29.8 Å². The Balaban J connectivity index is 1.53. The molecule has 1 fully saturated rings. The van der Waals surface area contributed by atoms with Crippen molar-refractivity contribution in [2.45, 2.75) is 13.1 Å². The summed E-state index contributed by atoms with van der Waals surface area (Å²) < 4.78 is 10.7. The lowest BCUT2D eigenvalue weighted by Gasteiger charge is -2.26. The summed E-state index contributed by atoms with van der Waals surface area (Å²) in [5.41, 5.74) is 2.55. The normalized spacial score (nSPS) is 13.9. The summed E-state index contributed by atoms with van der Waals surface area (Å²) in [6.07, 6.45) is 0. The van der Waals surface area contributed by atoms with E-state index in [1.807, 2.05) is 30.3 Å². The van der Waals surface area contributed by atoms with Gasteiger partial charge in [0.1, 0.15) is 11.5 Å². The molecular formula is C23H29N5O4. The van der Waals surface area contributed by atoms with Gasteiger partial charge in [0.2, 0.25) is 5.91 Å². The maximum absolute atomic E-state index is 12.6. The average molecular weight is 440 g/mol. The Kier molecular flexibility index (Phi) is 7.91. The highest BCUT2D eigenvalue weighted by Gasteiger charge is 2.22. The summed E-state index contributed by atoms with van der Waals surface area (Å²) in [6.45, 7) is 2.18. The van der Waals surface area contributed by atoms with Gasteiger partial charge in [-0.15, -0.1) is 0 Å². The van der Waals surface area contributed by atoms with Crippen LogP contribution in [-0.4, -0.2) is 63.6 Å². The number of carbonyl (C=O) groups excluding carboxylic acids is 2. The number of methoxy groups -OCH3 is 2. The molecule has 0 aromatic heterocycles. The first-order chi connectivity index (χ1) is 15.5. The highest BCUT2D eigenvalue weighted by atomic mass is 16.5. The van der Waals surface area contributed by atoms with Crippen molar-refractivity contribution in [3.05, 3.63) is 59.2 Å². The van der Waals surface area contributed by atoms with Gasteiger partial charge < -0.3 is 30.3 Å². The van der Waals surface area contributed by atoms with Crippen LogP contribution in [-0.2, 0) is 17.9 Å². The second kappa shape index (κ2) is 11.0. The molecule has 2 aromatic rings. The molecule has 0 unspecified atom stereocenters. The number of hydrogen-bond donors (Lipinski definition) is 3. The molecule has 0 spiro atoms. The van der Waals surface area contributed by atoms with Crippen LogP contribution in [0.2, 0.25) is 0 Å². The lowest BCUT2D eigenvalue weighted by Crippen LogP contribution is -2.49. The summed E-state index contributed by atoms with van der Waals surface area (Å²) in [4.78, 5) is 29.9. The topological polar surface area (TPSA) is 104 Å². The van der Waals surface area contributed by atoms with Gasteiger partial charge in [-0.2, -0.15) is 0 Å². The molecule has 1 heterocycles. The number of aliphatic imine (C=N–C) groups is 1. The molecule has 1 aliphatic heterocycles. The molecule has 0 atom stereocenters. The van der Waals surface area contributed by atoms with Crippen LogP contribution in [0.3, 0.4) is 0 Å². The third-order valence-electron chi connectivity index (χ3n) is 5.15. The molecule has 0 bridgehead atoms. The van der Waals surface area contributed by atoms with E-state index in [4.69, 9.17) is 9.47 Å². The molecule has 0 saturated carbocycles. The van der Waals surface area contributed by atoms with Crippen molar-refractivity contribution in [3.63, 3.8) is 0 Å². The zero-order chi connectivity index (χ0) is 22.9. The lowest BCUT2D eigenvalue weighted by atomic mass is 10.1. The van der Waals surface area contributed by atoms with Gasteiger partial charge in [0.05, 0.1) is 20.8 Å². The van der Waals surface area contributed by atoms with Crippen LogP contribution < -0.4 is 25.4 Å². The zero-order valence-electron chi connectivity index (χ0n) is 18.6. The molecule has 170 valence electrons. The van der Waals surface area contributed by atoms with Crippen molar-refractivity contribution < 1.29 is 19.1 Å². The van der Waals surface area contributed by atoms with Gasteiger partial charge in [-0.1, -0.05) is 12.1 Å². The van der Waals surface area contributed by atoms with Crippen LogP contribution in [0.15, 0.2) is 47.5 Å². The quantitative estimate of drug-likeness (QED) is 0.442.